The Bertz CT molecular complexity index is 1460. The predicted molar refractivity (Wildman–Crippen MR) is 134 cm³/mol. The first-order chi connectivity index (χ1) is 18.1. The van der Waals surface area contributed by atoms with Crippen LogP contribution >= 0.6 is 0 Å². The zero-order chi connectivity index (χ0) is 25.4. The molecule has 2 aromatic carbocycles. The Balaban J connectivity index is 1.35. The maximum absolute atomic E-state index is 15.1. The first kappa shape index (κ1) is 23.6. The van der Waals surface area contributed by atoms with Gasteiger partial charge in [-0.25, -0.2) is 18.7 Å². The second-order valence-electron chi connectivity index (χ2n) is 9.34. The number of hydrogen-bond acceptors (Lipinski definition) is 6. The van der Waals surface area contributed by atoms with Crippen molar-refractivity contribution in [3.05, 3.63) is 66.1 Å². The summed E-state index contributed by atoms with van der Waals surface area (Å²) in [5, 5.41) is 7.87. The van der Waals surface area contributed by atoms with Crippen LogP contribution in [0.4, 0.5) is 8.78 Å². The normalized spacial score (nSPS) is 16.9. The molecular formula is C27H26F2N6O2. The van der Waals surface area contributed by atoms with E-state index in [4.69, 9.17) is 9.72 Å². The van der Waals surface area contributed by atoms with Crippen molar-refractivity contribution < 1.29 is 18.3 Å². The molecule has 2 saturated heterocycles. The van der Waals surface area contributed by atoms with Gasteiger partial charge in [-0.3, -0.25) is 9.48 Å². The Hall–Kier alpha value is -3.76. The molecule has 37 heavy (non-hydrogen) atoms. The minimum absolute atomic E-state index is 0.00540. The standard InChI is InChI=1S/C27H26F2N6O2/c28-22-4-3-20(17-1-2-21(23(29)13-17)27(36)34-9-11-37-12-10-34)25-26(22)31-15-24(33-25)18-14-32-35(16-18)19-5-7-30-8-6-19/h1-4,13-16,19,30H,5-12H2. The third kappa shape index (κ3) is 4.58. The van der Waals surface area contributed by atoms with Gasteiger partial charge in [-0.2, -0.15) is 5.10 Å². The SMILES string of the molecule is O=C(c1ccc(-c2ccc(F)c3ncc(-c4cnn(C5CCNCC5)c4)nc23)cc1F)N1CCOCC1. The van der Waals surface area contributed by atoms with Gasteiger partial charge in [0.1, 0.15) is 16.9 Å². The number of piperidine rings is 1. The molecule has 1 N–H and O–H groups in total. The van der Waals surface area contributed by atoms with Crippen molar-refractivity contribution in [3.63, 3.8) is 0 Å². The van der Waals surface area contributed by atoms with Gasteiger partial charge < -0.3 is 15.0 Å². The number of carbonyl (C=O) groups is 1. The van der Waals surface area contributed by atoms with Crippen LogP contribution in [-0.2, 0) is 4.74 Å². The van der Waals surface area contributed by atoms with Crippen molar-refractivity contribution in [2.75, 3.05) is 39.4 Å². The molecule has 8 nitrogen and oxygen atoms in total. The van der Waals surface area contributed by atoms with Crippen molar-refractivity contribution >= 4 is 16.9 Å². The fraction of sp³-hybridized carbons (Fsp3) is 0.333. The summed E-state index contributed by atoms with van der Waals surface area (Å²) in [6, 6.07) is 7.60. The second kappa shape index (κ2) is 9.95. The summed E-state index contributed by atoms with van der Waals surface area (Å²) in [7, 11) is 0. The fourth-order valence-corrected chi connectivity index (χ4v) is 4.97. The average molecular weight is 505 g/mol. The van der Waals surface area contributed by atoms with Crippen LogP contribution in [-0.4, -0.2) is 69.9 Å². The van der Waals surface area contributed by atoms with E-state index in [2.05, 4.69) is 15.4 Å². The highest BCUT2D eigenvalue weighted by Crippen LogP contribution is 2.31. The zero-order valence-electron chi connectivity index (χ0n) is 20.2. The lowest BCUT2D eigenvalue weighted by Crippen LogP contribution is -2.41. The van der Waals surface area contributed by atoms with E-state index < -0.39 is 11.6 Å². The number of aromatic nitrogens is 4. The van der Waals surface area contributed by atoms with Crippen LogP contribution in [0.2, 0.25) is 0 Å². The molecule has 1 amide bonds. The van der Waals surface area contributed by atoms with Crippen molar-refractivity contribution in [2.24, 2.45) is 0 Å². The van der Waals surface area contributed by atoms with Gasteiger partial charge in [-0.15, -0.1) is 0 Å². The Morgan fingerprint density at radius 1 is 0.973 bits per heavy atom. The first-order valence-corrected chi connectivity index (χ1v) is 12.5. The number of halogens is 2. The molecule has 4 heterocycles. The number of amides is 1. The van der Waals surface area contributed by atoms with Crippen molar-refractivity contribution in [1.29, 1.82) is 0 Å². The summed E-state index contributed by atoms with van der Waals surface area (Å²) >= 11 is 0. The van der Waals surface area contributed by atoms with E-state index in [0.29, 0.717) is 54.7 Å². The molecule has 2 aliphatic heterocycles. The Labute approximate surface area is 212 Å². The Morgan fingerprint density at radius 3 is 2.57 bits per heavy atom. The van der Waals surface area contributed by atoms with Crippen LogP contribution in [0.15, 0.2) is 48.9 Å². The number of carbonyl (C=O) groups excluding carboxylic acids is 1. The third-order valence-corrected chi connectivity index (χ3v) is 7.04. The van der Waals surface area contributed by atoms with E-state index in [0.717, 1.165) is 31.5 Å². The van der Waals surface area contributed by atoms with Crippen molar-refractivity contribution in [1.82, 2.24) is 30.0 Å². The van der Waals surface area contributed by atoms with Gasteiger partial charge in [0.2, 0.25) is 0 Å². The molecule has 0 spiro atoms. The van der Waals surface area contributed by atoms with Crippen molar-refractivity contribution in [2.45, 2.75) is 18.9 Å². The lowest BCUT2D eigenvalue weighted by Gasteiger charge is -2.27. The molecular weight excluding hydrogens is 478 g/mol. The number of nitrogens with zero attached hydrogens (tertiary/aromatic N) is 5. The van der Waals surface area contributed by atoms with E-state index in [1.807, 2.05) is 10.9 Å². The van der Waals surface area contributed by atoms with Crippen LogP contribution in [0.25, 0.3) is 33.4 Å². The molecule has 10 heteroatoms. The van der Waals surface area contributed by atoms with Crippen LogP contribution in [0.3, 0.4) is 0 Å². The van der Waals surface area contributed by atoms with Gasteiger partial charge in [0.05, 0.1) is 42.9 Å². The number of rotatable bonds is 4. The maximum atomic E-state index is 15.1. The number of ether oxygens (including phenoxy) is 1. The number of fused-ring (bicyclic) bond motifs is 1. The lowest BCUT2D eigenvalue weighted by atomic mass is 10.0. The van der Waals surface area contributed by atoms with Gasteiger partial charge in [-0.1, -0.05) is 6.07 Å². The maximum Gasteiger partial charge on any atom is 0.256 e. The molecule has 0 aliphatic carbocycles. The summed E-state index contributed by atoms with van der Waals surface area (Å²) < 4.78 is 37.0. The van der Waals surface area contributed by atoms with Gasteiger partial charge in [-0.05, 0) is 55.8 Å². The summed E-state index contributed by atoms with van der Waals surface area (Å²) in [5.74, 6) is -1.52. The van der Waals surface area contributed by atoms with E-state index in [-0.39, 0.29) is 17.0 Å². The topological polar surface area (TPSA) is 85.2 Å². The van der Waals surface area contributed by atoms with Crippen molar-refractivity contribution in [3.8, 4) is 22.4 Å². The quantitative estimate of drug-likeness (QED) is 0.455. The van der Waals surface area contributed by atoms with E-state index in [9.17, 15) is 9.18 Å². The minimum Gasteiger partial charge on any atom is -0.378 e. The van der Waals surface area contributed by atoms with Gasteiger partial charge in [0.15, 0.2) is 5.82 Å². The molecule has 4 aromatic rings. The van der Waals surface area contributed by atoms with Crippen LogP contribution in [0.5, 0.6) is 0 Å². The monoisotopic (exact) mass is 504 g/mol. The highest BCUT2D eigenvalue weighted by molar-refractivity contribution is 5.97. The van der Waals surface area contributed by atoms with E-state index in [1.54, 1.807) is 23.2 Å². The van der Waals surface area contributed by atoms with Gasteiger partial charge in [0.25, 0.3) is 5.91 Å². The highest BCUT2D eigenvalue weighted by Gasteiger charge is 2.23. The third-order valence-electron chi connectivity index (χ3n) is 7.04. The molecule has 0 unspecified atom stereocenters. The summed E-state index contributed by atoms with van der Waals surface area (Å²) in [6.07, 6.45) is 7.20. The molecule has 0 radical (unpaired) electrons. The first-order valence-electron chi connectivity index (χ1n) is 12.5. The number of nitrogens with one attached hydrogen (secondary N) is 1. The van der Waals surface area contributed by atoms with E-state index >= 15 is 4.39 Å². The molecule has 0 bridgehead atoms. The molecule has 6 rings (SSSR count). The van der Waals surface area contributed by atoms with Crippen LogP contribution in [0.1, 0.15) is 29.2 Å². The molecule has 190 valence electrons. The molecule has 2 aromatic heterocycles. The Kier molecular flexibility index (Phi) is 6.35. The largest absolute Gasteiger partial charge is 0.378 e. The zero-order valence-corrected chi connectivity index (χ0v) is 20.2. The van der Waals surface area contributed by atoms with E-state index in [1.165, 1.54) is 24.4 Å². The smallest absolute Gasteiger partial charge is 0.256 e. The summed E-state index contributed by atoms with van der Waals surface area (Å²) in [4.78, 5) is 23.4. The van der Waals surface area contributed by atoms with Gasteiger partial charge in [0, 0.05) is 30.4 Å². The fourth-order valence-electron chi connectivity index (χ4n) is 4.97. The molecule has 2 fully saturated rings. The average Bonchev–Trinajstić information content (AvgIpc) is 3.44. The summed E-state index contributed by atoms with van der Waals surface area (Å²) in [5.41, 5.74) is 2.76. The minimum atomic E-state index is -0.640. The lowest BCUT2D eigenvalue weighted by molar-refractivity contribution is 0.0300. The molecule has 0 saturated carbocycles. The highest BCUT2D eigenvalue weighted by atomic mass is 19.1. The Morgan fingerprint density at radius 2 is 1.78 bits per heavy atom. The second-order valence-corrected chi connectivity index (χ2v) is 9.34. The summed E-state index contributed by atoms with van der Waals surface area (Å²) in [6.45, 7) is 3.62. The number of benzene rings is 2. The van der Waals surface area contributed by atoms with Crippen LogP contribution in [0, 0.1) is 11.6 Å². The number of hydrogen-bond donors (Lipinski definition) is 1. The predicted octanol–water partition coefficient (Wildman–Crippen LogP) is 3.84. The molecule has 0 atom stereocenters. The number of morpholine rings is 1. The van der Waals surface area contributed by atoms with Crippen LogP contribution < -0.4 is 5.32 Å². The molecule has 2 aliphatic rings. The van der Waals surface area contributed by atoms with Gasteiger partial charge >= 0.3 is 0 Å².